The molecule has 92 valence electrons. The second kappa shape index (κ2) is 4.58. The van der Waals surface area contributed by atoms with Gasteiger partial charge in [0.15, 0.2) is 0 Å². The van der Waals surface area contributed by atoms with E-state index in [0.29, 0.717) is 0 Å². The lowest BCUT2D eigenvalue weighted by Crippen LogP contribution is -1.93. The zero-order valence-electron chi connectivity index (χ0n) is 10.6. The maximum atomic E-state index is 9.25. The van der Waals surface area contributed by atoms with Gasteiger partial charge in [-0.1, -0.05) is 24.3 Å². The van der Waals surface area contributed by atoms with E-state index >= 15 is 0 Å². The highest BCUT2D eigenvalue weighted by Crippen LogP contribution is 2.34. The molecule has 2 aromatic heterocycles. The molecular weight excluding hydrogens is 234 g/mol. The van der Waals surface area contributed by atoms with Crippen LogP contribution in [0, 0.1) is 11.3 Å². The summed E-state index contributed by atoms with van der Waals surface area (Å²) < 4.78 is 0. The third kappa shape index (κ3) is 1.88. The van der Waals surface area contributed by atoms with E-state index in [2.05, 4.69) is 16.0 Å². The zero-order valence-corrected chi connectivity index (χ0v) is 10.6. The molecule has 1 atom stereocenters. The van der Waals surface area contributed by atoms with Crippen molar-refractivity contribution in [3.63, 3.8) is 0 Å². The molecule has 3 nitrogen and oxygen atoms in total. The number of rotatable bonds is 2. The zero-order chi connectivity index (χ0) is 13.2. The van der Waals surface area contributed by atoms with Crippen LogP contribution in [0.25, 0.3) is 22.3 Å². The number of H-pyrrole nitrogens is 1. The van der Waals surface area contributed by atoms with Crippen molar-refractivity contribution in [3.05, 3.63) is 54.2 Å². The van der Waals surface area contributed by atoms with Gasteiger partial charge in [0.2, 0.25) is 0 Å². The molecular formula is C16H13N3. The van der Waals surface area contributed by atoms with Gasteiger partial charge in [0.1, 0.15) is 0 Å². The van der Waals surface area contributed by atoms with Gasteiger partial charge in [-0.15, -0.1) is 0 Å². The summed E-state index contributed by atoms with van der Waals surface area (Å²) in [4.78, 5) is 7.76. The fraction of sp³-hybridized carbons (Fsp3) is 0.125. The van der Waals surface area contributed by atoms with Crippen LogP contribution in [0.5, 0.6) is 0 Å². The second-order valence-corrected chi connectivity index (χ2v) is 4.53. The number of hydrogen-bond donors (Lipinski definition) is 1. The van der Waals surface area contributed by atoms with Gasteiger partial charge in [0.05, 0.1) is 23.4 Å². The number of fused-ring (bicyclic) bond motifs is 1. The molecule has 0 aliphatic carbocycles. The van der Waals surface area contributed by atoms with Crippen LogP contribution in [-0.2, 0) is 0 Å². The van der Waals surface area contributed by atoms with Gasteiger partial charge < -0.3 is 4.98 Å². The Labute approximate surface area is 111 Å². The predicted molar refractivity (Wildman–Crippen MR) is 75.6 cm³/mol. The van der Waals surface area contributed by atoms with Crippen molar-refractivity contribution in [2.75, 3.05) is 0 Å². The molecule has 1 N–H and O–H groups in total. The third-order valence-corrected chi connectivity index (χ3v) is 3.29. The van der Waals surface area contributed by atoms with Crippen LogP contribution in [0.4, 0.5) is 0 Å². The average molecular weight is 247 g/mol. The second-order valence-electron chi connectivity index (χ2n) is 4.53. The average Bonchev–Trinajstić information content (AvgIpc) is 2.87. The first-order chi connectivity index (χ1) is 9.31. The molecule has 0 fully saturated rings. The van der Waals surface area contributed by atoms with Crippen LogP contribution in [-0.4, -0.2) is 9.97 Å². The SMILES string of the molecule is CC(C#N)c1c(-c2ccccn2)[nH]c2ccccc12. The maximum Gasteiger partial charge on any atom is 0.0867 e. The predicted octanol–water partition coefficient (Wildman–Crippen LogP) is 3.86. The standard InChI is InChI=1S/C16H13N3/c1-11(10-17)15-12-6-2-3-7-13(12)19-16(15)14-8-4-5-9-18-14/h2-9,11,19H,1H3. The molecule has 3 aromatic rings. The van der Waals surface area contributed by atoms with Crippen molar-refractivity contribution in [2.24, 2.45) is 0 Å². The van der Waals surface area contributed by atoms with Crippen molar-refractivity contribution >= 4 is 10.9 Å². The van der Waals surface area contributed by atoms with Gasteiger partial charge in [-0.25, -0.2) is 0 Å². The number of nitrogens with one attached hydrogen (secondary N) is 1. The Bertz CT molecular complexity index is 751. The van der Waals surface area contributed by atoms with E-state index < -0.39 is 0 Å². The summed E-state index contributed by atoms with van der Waals surface area (Å²) in [7, 11) is 0. The molecule has 19 heavy (non-hydrogen) atoms. The van der Waals surface area contributed by atoms with Crippen LogP contribution < -0.4 is 0 Å². The topological polar surface area (TPSA) is 52.5 Å². The number of hydrogen-bond acceptors (Lipinski definition) is 2. The molecule has 0 aliphatic rings. The number of aromatic nitrogens is 2. The largest absolute Gasteiger partial charge is 0.353 e. The van der Waals surface area contributed by atoms with Gasteiger partial charge >= 0.3 is 0 Å². The summed E-state index contributed by atoms with van der Waals surface area (Å²) in [6.07, 6.45) is 1.77. The van der Waals surface area contributed by atoms with E-state index in [0.717, 1.165) is 27.9 Å². The lowest BCUT2D eigenvalue weighted by molar-refractivity contribution is 0.993. The smallest absolute Gasteiger partial charge is 0.0867 e. The van der Waals surface area contributed by atoms with Gasteiger partial charge in [0.25, 0.3) is 0 Å². The Morgan fingerprint density at radius 3 is 2.68 bits per heavy atom. The Morgan fingerprint density at radius 1 is 1.16 bits per heavy atom. The minimum Gasteiger partial charge on any atom is -0.353 e. The van der Waals surface area contributed by atoms with E-state index in [1.54, 1.807) is 6.20 Å². The van der Waals surface area contributed by atoms with E-state index in [9.17, 15) is 5.26 Å². The van der Waals surface area contributed by atoms with Crippen LogP contribution in [0.15, 0.2) is 48.7 Å². The molecule has 0 bridgehead atoms. The molecule has 1 unspecified atom stereocenters. The minimum absolute atomic E-state index is 0.173. The Balaban J connectivity index is 2.33. The van der Waals surface area contributed by atoms with Gasteiger partial charge in [-0.05, 0) is 25.1 Å². The van der Waals surface area contributed by atoms with Crippen molar-refractivity contribution in [2.45, 2.75) is 12.8 Å². The van der Waals surface area contributed by atoms with Crippen molar-refractivity contribution < 1.29 is 0 Å². The number of nitrogens with zero attached hydrogens (tertiary/aromatic N) is 2. The van der Waals surface area contributed by atoms with Crippen molar-refractivity contribution in [3.8, 4) is 17.5 Å². The number of pyridine rings is 1. The molecule has 0 saturated carbocycles. The van der Waals surface area contributed by atoms with E-state index in [-0.39, 0.29) is 5.92 Å². The summed E-state index contributed by atoms with van der Waals surface area (Å²) >= 11 is 0. The fourth-order valence-electron chi connectivity index (χ4n) is 2.39. The molecule has 0 saturated heterocycles. The van der Waals surface area contributed by atoms with Crippen molar-refractivity contribution in [1.29, 1.82) is 5.26 Å². The van der Waals surface area contributed by atoms with Gasteiger partial charge in [0, 0.05) is 22.7 Å². The first-order valence-corrected chi connectivity index (χ1v) is 6.23. The highest BCUT2D eigenvalue weighted by molar-refractivity contribution is 5.91. The molecule has 0 spiro atoms. The first kappa shape index (κ1) is 11.5. The lowest BCUT2D eigenvalue weighted by atomic mass is 9.97. The van der Waals surface area contributed by atoms with Crippen molar-refractivity contribution in [1.82, 2.24) is 9.97 Å². The Morgan fingerprint density at radius 2 is 1.95 bits per heavy atom. The van der Waals surface area contributed by atoms with E-state index in [1.165, 1.54) is 0 Å². The Hall–Kier alpha value is -2.60. The molecule has 0 amide bonds. The minimum atomic E-state index is -0.173. The highest BCUT2D eigenvalue weighted by atomic mass is 14.8. The molecule has 3 rings (SSSR count). The first-order valence-electron chi connectivity index (χ1n) is 6.23. The fourth-order valence-corrected chi connectivity index (χ4v) is 2.39. The molecule has 0 aliphatic heterocycles. The number of para-hydroxylation sites is 1. The quantitative estimate of drug-likeness (QED) is 0.747. The van der Waals surface area contributed by atoms with Crippen LogP contribution in [0.1, 0.15) is 18.4 Å². The normalized spacial score (nSPS) is 12.2. The van der Waals surface area contributed by atoms with Gasteiger partial charge in [-0.2, -0.15) is 5.26 Å². The maximum absolute atomic E-state index is 9.25. The summed E-state index contributed by atoms with van der Waals surface area (Å²) in [6.45, 7) is 1.92. The third-order valence-electron chi connectivity index (χ3n) is 3.29. The molecule has 3 heteroatoms. The lowest BCUT2D eigenvalue weighted by Gasteiger charge is -2.05. The Kier molecular flexibility index (Phi) is 2.77. The summed E-state index contributed by atoms with van der Waals surface area (Å²) in [5, 5.41) is 10.3. The summed E-state index contributed by atoms with van der Waals surface area (Å²) in [6, 6.07) is 16.2. The number of nitriles is 1. The summed E-state index contributed by atoms with van der Waals surface area (Å²) in [5.41, 5.74) is 3.88. The van der Waals surface area contributed by atoms with Crippen LogP contribution in [0.3, 0.4) is 0 Å². The monoisotopic (exact) mass is 247 g/mol. The number of benzene rings is 1. The molecule has 2 heterocycles. The van der Waals surface area contributed by atoms with E-state index in [4.69, 9.17) is 0 Å². The van der Waals surface area contributed by atoms with Gasteiger partial charge in [-0.3, -0.25) is 4.98 Å². The summed E-state index contributed by atoms with van der Waals surface area (Å²) in [5.74, 6) is -0.173. The molecule has 0 radical (unpaired) electrons. The molecule has 1 aromatic carbocycles. The van der Waals surface area contributed by atoms with Crippen LogP contribution in [0.2, 0.25) is 0 Å². The van der Waals surface area contributed by atoms with Crippen LogP contribution >= 0.6 is 0 Å². The number of aromatic amines is 1. The highest BCUT2D eigenvalue weighted by Gasteiger charge is 2.18. The van der Waals surface area contributed by atoms with E-state index in [1.807, 2.05) is 49.4 Å².